The molecule has 0 aliphatic rings. The van der Waals surface area contributed by atoms with Gasteiger partial charge in [0.05, 0.1) is 19.3 Å². The van der Waals surface area contributed by atoms with Gasteiger partial charge < -0.3 is 14.4 Å². The maximum absolute atomic E-state index is 12.1. The molecular formula is C15H16N2O4. The highest BCUT2D eigenvalue weighted by atomic mass is 16.5. The minimum atomic E-state index is -1.24. The van der Waals surface area contributed by atoms with Gasteiger partial charge >= 0.3 is 5.97 Å². The summed E-state index contributed by atoms with van der Waals surface area (Å²) in [4.78, 5) is 27.4. The molecule has 6 heteroatoms. The number of nitrogens with zero attached hydrogens (tertiary/aromatic N) is 2. The molecular weight excluding hydrogens is 272 g/mol. The molecule has 1 N–H and O–H groups in total. The maximum atomic E-state index is 12.1. The molecule has 0 saturated heterocycles. The molecule has 0 radical (unpaired) electrons. The summed E-state index contributed by atoms with van der Waals surface area (Å²) in [6, 6.07) is 2.82. The summed E-state index contributed by atoms with van der Waals surface area (Å²) in [6.45, 7) is 3.95. The van der Waals surface area contributed by atoms with Crippen LogP contribution >= 0.6 is 0 Å². The zero-order valence-electron chi connectivity index (χ0n) is 12.1. The van der Waals surface area contributed by atoms with Crippen molar-refractivity contribution < 1.29 is 14.6 Å². The Morgan fingerprint density at radius 3 is 2.76 bits per heavy atom. The van der Waals surface area contributed by atoms with Gasteiger partial charge in [-0.15, -0.1) is 0 Å². The number of carboxylic acid groups (broad SMARTS) is 1. The first-order chi connectivity index (χ1) is 9.95. The van der Waals surface area contributed by atoms with Crippen molar-refractivity contribution in [1.82, 2.24) is 9.55 Å². The van der Waals surface area contributed by atoms with Gasteiger partial charge in [-0.2, -0.15) is 0 Å². The highest BCUT2D eigenvalue weighted by molar-refractivity contribution is 5.86. The van der Waals surface area contributed by atoms with E-state index in [1.807, 2.05) is 13.8 Å². The normalized spacial score (nSPS) is 10.4. The molecule has 6 nitrogen and oxygen atoms in total. The van der Waals surface area contributed by atoms with E-state index in [4.69, 9.17) is 9.84 Å². The molecule has 0 fully saturated rings. The van der Waals surface area contributed by atoms with E-state index in [1.54, 1.807) is 19.5 Å². The lowest BCUT2D eigenvalue weighted by Gasteiger charge is -2.13. The number of aryl methyl sites for hydroxylation is 1. The molecule has 2 aromatic heterocycles. The van der Waals surface area contributed by atoms with Crippen LogP contribution in [0.15, 0.2) is 29.3 Å². The van der Waals surface area contributed by atoms with E-state index in [0.717, 1.165) is 16.9 Å². The summed E-state index contributed by atoms with van der Waals surface area (Å²) in [7, 11) is 1.58. The van der Waals surface area contributed by atoms with Crippen molar-refractivity contribution in [3.05, 3.63) is 57.3 Å². The van der Waals surface area contributed by atoms with Crippen LogP contribution in [0, 0.1) is 13.8 Å². The average molecular weight is 288 g/mol. The van der Waals surface area contributed by atoms with Crippen molar-refractivity contribution >= 4 is 5.97 Å². The number of aromatic nitrogens is 2. The summed E-state index contributed by atoms with van der Waals surface area (Å²) < 4.78 is 6.65. The Labute approximate surface area is 121 Å². The topological polar surface area (TPSA) is 81.4 Å². The summed E-state index contributed by atoms with van der Waals surface area (Å²) in [5, 5.41) is 8.98. The third-order valence-electron chi connectivity index (χ3n) is 3.32. The van der Waals surface area contributed by atoms with Crippen LogP contribution in [0.25, 0.3) is 0 Å². The van der Waals surface area contributed by atoms with Gasteiger partial charge in [-0.3, -0.25) is 9.78 Å². The summed E-state index contributed by atoms with van der Waals surface area (Å²) in [5.41, 5.74) is 1.61. The number of ether oxygens (including phenoxy) is 1. The molecule has 0 amide bonds. The maximum Gasteiger partial charge on any atom is 0.341 e. The second-order valence-corrected chi connectivity index (χ2v) is 4.71. The van der Waals surface area contributed by atoms with Gasteiger partial charge in [-0.05, 0) is 26.0 Å². The molecule has 0 saturated carbocycles. The molecule has 0 aromatic carbocycles. The predicted octanol–water partition coefficient (Wildman–Crippen LogP) is 1.62. The van der Waals surface area contributed by atoms with Crippen LogP contribution < -0.4 is 10.3 Å². The number of carboxylic acids is 1. The first kappa shape index (κ1) is 14.8. The standard InChI is InChI=1S/C15H16N2O4/c1-9-7-16-12(10(2)13(9)21-3)8-17-6-4-5-11(14(17)18)15(19)20/h4-7H,8H2,1-3H3,(H,19,20). The smallest absolute Gasteiger partial charge is 0.341 e. The Bertz CT molecular complexity index is 750. The molecule has 0 aliphatic carbocycles. The van der Waals surface area contributed by atoms with Gasteiger partial charge in [-0.25, -0.2) is 4.79 Å². The van der Waals surface area contributed by atoms with Crippen LogP contribution in [-0.2, 0) is 6.54 Å². The number of hydrogen-bond acceptors (Lipinski definition) is 4. The Balaban J connectivity index is 2.47. The molecule has 0 spiro atoms. The first-order valence-electron chi connectivity index (χ1n) is 6.37. The molecule has 0 unspecified atom stereocenters. The van der Waals surface area contributed by atoms with E-state index in [9.17, 15) is 9.59 Å². The Morgan fingerprint density at radius 1 is 1.43 bits per heavy atom. The van der Waals surface area contributed by atoms with E-state index >= 15 is 0 Å². The van der Waals surface area contributed by atoms with Crippen LogP contribution in [0.5, 0.6) is 5.75 Å². The van der Waals surface area contributed by atoms with Crippen LogP contribution in [0.1, 0.15) is 27.2 Å². The van der Waals surface area contributed by atoms with Crippen molar-refractivity contribution in [2.75, 3.05) is 7.11 Å². The largest absolute Gasteiger partial charge is 0.496 e. The summed E-state index contributed by atoms with van der Waals surface area (Å²) in [6.07, 6.45) is 3.22. The highest BCUT2D eigenvalue weighted by Gasteiger charge is 2.13. The molecule has 2 aromatic rings. The Morgan fingerprint density at radius 2 is 2.14 bits per heavy atom. The van der Waals surface area contributed by atoms with Crippen molar-refractivity contribution in [2.45, 2.75) is 20.4 Å². The van der Waals surface area contributed by atoms with E-state index in [1.165, 1.54) is 16.7 Å². The van der Waals surface area contributed by atoms with Gasteiger partial charge in [-0.1, -0.05) is 0 Å². The van der Waals surface area contributed by atoms with Crippen molar-refractivity contribution in [1.29, 1.82) is 0 Å². The zero-order chi connectivity index (χ0) is 15.6. The molecule has 2 heterocycles. The number of hydrogen-bond donors (Lipinski definition) is 1. The van der Waals surface area contributed by atoms with E-state index in [-0.39, 0.29) is 12.1 Å². The highest BCUT2D eigenvalue weighted by Crippen LogP contribution is 2.24. The molecule has 0 aliphatic heterocycles. The quantitative estimate of drug-likeness (QED) is 0.924. The third-order valence-corrected chi connectivity index (χ3v) is 3.32. The van der Waals surface area contributed by atoms with Crippen molar-refractivity contribution in [3.8, 4) is 5.75 Å². The summed E-state index contributed by atoms with van der Waals surface area (Å²) >= 11 is 0. The molecule has 2 rings (SSSR count). The first-order valence-corrected chi connectivity index (χ1v) is 6.37. The van der Waals surface area contributed by atoms with Crippen LogP contribution in [0.4, 0.5) is 0 Å². The molecule has 110 valence electrons. The lowest BCUT2D eigenvalue weighted by Crippen LogP contribution is -2.26. The fourth-order valence-electron chi connectivity index (χ4n) is 2.22. The van der Waals surface area contributed by atoms with Gasteiger partial charge in [0.15, 0.2) is 0 Å². The summed E-state index contributed by atoms with van der Waals surface area (Å²) in [5.74, 6) is -0.511. The van der Waals surface area contributed by atoms with E-state index < -0.39 is 11.5 Å². The minimum Gasteiger partial charge on any atom is -0.496 e. The monoisotopic (exact) mass is 288 g/mol. The van der Waals surface area contributed by atoms with Gasteiger partial charge in [0.25, 0.3) is 5.56 Å². The van der Waals surface area contributed by atoms with Gasteiger partial charge in [0.1, 0.15) is 11.3 Å². The number of carbonyl (C=O) groups is 1. The van der Waals surface area contributed by atoms with Crippen molar-refractivity contribution in [2.24, 2.45) is 0 Å². The minimum absolute atomic E-state index is 0.197. The molecule has 0 bridgehead atoms. The van der Waals surface area contributed by atoms with E-state index in [0.29, 0.717) is 5.69 Å². The van der Waals surface area contributed by atoms with Gasteiger partial charge in [0.2, 0.25) is 0 Å². The second-order valence-electron chi connectivity index (χ2n) is 4.71. The molecule has 21 heavy (non-hydrogen) atoms. The number of pyridine rings is 2. The molecule has 0 atom stereocenters. The average Bonchev–Trinajstić information content (AvgIpc) is 2.44. The zero-order valence-corrected chi connectivity index (χ0v) is 12.1. The fourth-order valence-corrected chi connectivity index (χ4v) is 2.22. The van der Waals surface area contributed by atoms with E-state index in [2.05, 4.69) is 4.98 Å². The SMILES string of the molecule is COc1c(C)cnc(Cn2cccc(C(=O)O)c2=O)c1C. The van der Waals surface area contributed by atoms with Gasteiger partial charge in [0, 0.05) is 23.5 Å². The lowest BCUT2D eigenvalue weighted by atomic mass is 10.1. The predicted molar refractivity (Wildman–Crippen MR) is 77.0 cm³/mol. The lowest BCUT2D eigenvalue weighted by molar-refractivity contribution is 0.0694. The van der Waals surface area contributed by atoms with Crippen LogP contribution in [0.2, 0.25) is 0 Å². The number of aromatic carboxylic acids is 1. The number of rotatable bonds is 4. The number of methoxy groups -OCH3 is 1. The third kappa shape index (κ3) is 2.79. The fraction of sp³-hybridized carbons (Fsp3) is 0.267. The van der Waals surface area contributed by atoms with Crippen molar-refractivity contribution in [3.63, 3.8) is 0 Å². The second kappa shape index (κ2) is 5.78. The Kier molecular flexibility index (Phi) is 4.07. The van der Waals surface area contributed by atoms with Crippen LogP contribution in [-0.4, -0.2) is 27.7 Å². The Hall–Kier alpha value is -2.63. The van der Waals surface area contributed by atoms with Crippen LogP contribution in [0.3, 0.4) is 0 Å².